The molecule has 1 amide bonds. The maximum absolute atomic E-state index is 13.2. The van der Waals surface area contributed by atoms with E-state index in [9.17, 15) is 18.7 Å². The number of hydrazone groups is 1. The van der Waals surface area contributed by atoms with Crippen molar-refractivity contribution in [2.75, 3.05) is 0 Å². The fraction of sp³-hybridized carbons (Fsp3) is 0.312. The molecule has 2 aromatic rings. The number of hydrogen-bond acceptors (Lipinski definition) is 5. The molecule has 1 aliphatic rings. The van der Waals surface area contributed by atoms with Gasteiger partial charge in [-0.1, -0.05) is 27.5 Å². The highest BCUT2D eigenvalue weighted by molar-refractivity contribution is 9.10. The maximum atomic E-state index is 13.2. The zero-order valence-corrected chi connectivity index (χ0v) is 16.3. The molecular weight excluding hydrogens is 450 g/mol. The molecule has 0 bridgehead atoms. The Morgan fingerprint density at radius 2 is 2.22 bits per heavy atom. The van der Waals surface area contributed by atoms with Gasteiger partial charge in [-0.05, 0) is 31.2 Å². The summed E-state index contributed by atoms with van der Waals surface area (Å²) in [5, 5.41) is 18.6. The number of aromatic nitrogens is 2. The molecule has 1 aromatic carbocycles. The number of halogens is 4. The molecule has 3 rings (SSSR count). The second-order valence-electron chi connectivity index (χ2n) is 5.90. The Balaban J connectivity index is 1.72. The number of nitrogens with zero attached hydrogens (tertiary/aromatic N) is 4. The van der Waals surface area contributed by atoms with Crippen molar-refractivity contribution < 1.29 is 23.4 Å². The highest BCUT2D eigenvalue weighted by Gasteiger charge is 2.51. The summed E-state index contributed by atoms with van der Waals surface area (Å²) in [6.07, 6.45) is -2.16. The van der Waals surface area contributed by atoms with Crippen LogP contribution < -0.4 is 4.74 Å². The molecule has 2 heterocycles. The molecule has 0 aliphatic carbocycles. The Morgan fingerprint density at radius 3 is 2.89 bits per heavy atom. The molecule has 27 heavy (non-hydrogen) atoms. The lowest BCUT2D eigenvalue weighted by molar-refractivity contribution is -0.164. The molecule has 1 aliphatic heterocycles. The summed E-state index contributed by atoms with van der Waals surface area (Å²) < 4.78 is 34.1. The number of alkyl halides is 2. The minimum Gasteiger partial charge on any atom is -0.470 e. The second-order valence-corrected chi connectivity index (χ2v) is 7.22. The van der Waals surface area contributed by atoms with Crippen molar-refractivity contribution in [2.24, 2.45) is 5.10 Å². The van der Waals surface area contributed by atoms with Gasteiger partial charge in [-0.2, -0.15) is 15.2 Å². The van der Waals surface area contributed by atoms with Crippen molar-refractivity contribution in [1.82, 2.24) is 14.8 Å². The minimum atomic E-state index is -3.17. The van der Waals surface area contributed by atoms with Crippen molar-refractivity contribution in [2.45, 2.75) is 32.2 Å². The molecule has 1 N–H and O–H groups in total. The van der Waals surface area contributed by atoms with E-state index in [2.05, 4.69) is 26.1 Å². The number of carbonyl (C=O) groups excluding carboxylic acids is 1. The number of carbonyl (C=O) groups is 1. The van der Waals surface area contributed by atoms with E-state index in [-0.39, 0.29) is 18.1 Å². The van der Waals surface area contributed by atoms with Crippen LogP contribution in [-0.4, -0.2) is 43.7 Å². The largest absolute Gasteiger partial charge is 0.470 e. The van der Waals surface area contributed by atoms with Crippen LogP contribution in [0.3, 0.4) is 0 Å². The summed E-state index contributed by atoms with van der Waals surface area (Å²) in [5.41, 5.74) is -2.61. The van der Waals surface area contributed by atoms with E-state index in [0.29, 0.717) is 15.8 Å². The number of aliphatic hydroxyl groups is 1. The minimum absolute atomic E-state index is 0.0595. The zero-order valence-electron chi connectivity index (χ0n) is 13.9. The van der Waals surface area contributed by atoms with Crippen LogP contribution in [0.4, 0.5) is 8.78 Å². The predicted molar refractivity (Wildman–Crippen MR) is 96.9 cm³/mol. The second kappa shape index (κ2) is 7.53. The molecule has 144 valence electrons. The monoisotopic (exact) mass is 462 g/mol. The third-order valence-corrected chi connectivity index (χ3v) is 4.59. The van der Waals surface area contributed by atoms with E-state index in [1.165, 1.54) is 23.9 Å². The molecule has 0 fully saturated rings. The van der Waals surface area contributed by atoms with Gasteiger partial charge in [-0.15, -0.1) is 0 Å². The number of amides is 1. The average Bonchev–Trinajstić information content (AvgIpc) is 3.18. The van der Waals surface area contributed by atoms with Crippen molar-refractivity contribution in [3.63, 3.8) is 0 Å². The van der Waals surface area contributed by atoms with E-state index in [1.54, 1.807) is 18.2 Å². The third-order valence-electron chi connectivity index (χ3n) is 3.80. The SMILES string of the molecule is CC1=NN(C(=O)c2ccn(COc3ccc(Br)cc3Cl)n2)C(O)(C(F)F)C1. The maximum Gasteiger partial charge on any atom is 0.297 e. The summed E-state index contributed by atoms with van der Waals surface area (Å²) in [5.74, 6) is -0.523. The summed E-state index contributed by atoms with van der Waals surface area (Å²) in [6.45, 7) is 1.39. The van der Waals surface area contributed by atoms with E-state index in [0.717, 1.165) is 4.47 Å². The average molecular weight is 464 g/mol. The van der Waals surface area contributed by atoms with Gasteiger partial charge in [0.1, 0.15) is 5.75 Å². The first-order chi connectivity index (χ1) is 12.7. The molecular formula is C16H14BrClF2N4O3. The lowest BCUT2D eigenvalue weighted by Gasteiger charge is -2.29. The third kappa shape index (κ3) is 3.97. The summed E-state index contributed by atoms with van der Waals surface area (Å²) >= 11 is 9.34. The Kier molecular flexibility index (Phi) is 5.50. The van der Waals surface area contributed by atoms with Crippen LogP contribution in [0.25, 0.3) is 0 Å². The molecule has 11 heteroatoms. The standard InChI is InChI=1S/C16H14BrClF2N4O3/c1-9-7-16(26,15(19)20)24(21-9)14(25)12-4-5-23(22-12)8-27-13-3-2-10(17)6-11(13)18/h2-6,15,26H,7-8H2,1H3. The first-order valence-corrected chi connectivity index (χ1v) is 8.88. The molecule has 0 saturated heterocycles. The van der Waals surface area contributed by atoms with Crippen LogP contribution >= 0.6 is 27.5 Å². The van der Waals surface area contributed by atoms with Gasteiger partial charge in [0.05, 0.1) is 5.02 Å². The molecule has 0 spiro atoms. The Bertz CT molecular complexity index is 908. The van der Waals surface area contributed by atoms with Gasteiger partial charge in [0.15, 0.2) is 12.4 Å². The zero-order chi connectivity index (χ0) is 19.8. The van der Waals surface area contributed by atoms with Crippen LogP contribution in [-0.2, 0) is 6.73 Å². The normalized spacial score (nSPS) is 19.5. The van der Waals surface area contributed by atoms with Gasteiger partial charge < -0.3 is 9.84 Å². The first-order valence-electron chi connectivity index (χ1n) is 7.71. The van der Waals surface area contributed by atoms with Crippen molar-refractivity contribution in [1.29, 1.82) is 0 Å². The van der Waals surface area contributed by atoms with Crippen molar-refractivity contribution in [3.05, 3.63) is 45.7 Å². The van der Waals surface area contributed by atoms with Crippen LogP contribution in [0.2, 0.25) is 5.02 Å². The highest BCUT2D eigenvalue weighted by atomic mass is 79.9. The van der Waals surface area contributed by atoms with Crippen LogP contribution in [0, 0.1) is 0 Å². The lowest BCUT2D eigenvalue weighted by atomic mass is 10.1. The molecule has 1 aromatic heterocycles. The number of rotatable bonds is 5. The lowest BCUT2D eigenvalue weighted by Crippen LogP contribution is -2.51. The van der Waals surface area contributed by atoms with E-state index < -0.39 is 24.5 Å². The number of benzene rings is 1. The fourth-order valence-corrected chi connectivity index (χ4v) is 3.25. The van der Waals surface area contributed by atoms with Crippen LogP contribution in [0.5, 0.6) is 5.75 Å². The first kappa shape index (κ1) is 19.7. The number of hydrogen-bond donors (Lipinski definition) is 1. The fourth-order valence-electron chi connectivity index (χ4n) is 2.52. The van der Waals surface area contributed by atoms with Gasteiger partial charge in [-0.3, -0.25) is 4.79 Å². The van der Waals surface area contributed by atoms with Gasteiger partial charge in [0, 0.05) is 22.8 Å². The molecule has 0 radical (unpaired) electrons. The van der Waals surface area contributed by atoms with Gasteiger partial charge in [0.25, 0.3) is 12.3 Å². The quantitative estimate of drug-likeness (QED) is 0.736. The van der Waals surface area contributed by atoms with Gasteiger partial charge >= 0.3 is 0 Å². The molecule has 0 saturated carbocycles. The van der Waals surface area contributed by atoms with E-state index >= 15 is 0 Å². The summed E-state index contributed by atoms with van der Waals surface area (Å²) in [4.78, 5) is 12.5. The summed E-state index contributed by atoms with van der Waals surface area (Å²) in [6, 6.07) is 6.39. The van der Waals surface area contributed by atoms with Crippen LogP contribution in [0.15, 0.2) is 40.0 Å². The molecule has 1 unspecified atom stereocenters. The van der Waals surface area contributed by atoms with Gasteiger partial charge in [-0.25, -0.2) is 13.5 Å². The topological polar surface area (TPSA) is 80.0 Å². The van der Waals surface area contributed by atoms with E-state index in [4.69, 9.17) is 16.3 Å². The van der Waals surface area contributed by atoms with Crippen molar-refractivity contribution >= 4 is 39.1 Å². The van der Waals surface area contributed by atoms with Crippen LogP contribution in [0.1, 0.15) is 23.8 Å². The predicted octanol–water partition coefficient (Wildman–Crippen LogP) is 3.51. The van der Waals surface area contributed by atoms with E-state index in [1.807, 2.05) is 0 Å². The van der Waals surface area contributed by atoms with Crippen molar-refractivity contribution in [3.8, 4) is 5.75 Å². The Labute approximate surface area is 166 Å². The summed E-state index contributed by atoms with van der Waals surface area (Å²) in [7, 11) is 0. The number of ether oxygens (including phenoxy) is 1. The highest BCUT2D eigenvalue weighted by Crippen LogP contribution is 2.32. The Morgan fingerprint density at radius 1 is 1.48 bits per heavy atom. The smallest absolute Gasteiger partial charge is 0.297 e. The Hall–Kier alpha value is -2.04. The van der Waals surface area contributed by atoms with Gasteiger partial charge in [0.2, 0.25) is 5.72 Å². The molecule has 1 atom stereocenters. The molecule has 7 nitrogen and oxygen atoms in total.